The number of rotatable bonds is 7. The Morgan fingerprint density at radius 2 is 1.64 bits per heavy atom. The standard InChI is InChI=1S/C21H34Si/c1-4-9-18-14-17-15-19(21(18)16-17)10-8-13-22(2,3)20-11-6-5-7-12-20/h5-7,11-12,17-19,21H,4,8-10,13-16H2,1-3H3. The monoisotopic (exact) mass is 314 g/mol. The van der Waals surface area contributed by atoms with Gasteiger partial charge in [0.1, 0.15) is 0 Å². The van der Waals surface area contributed by atoms with Crippen molar-refractivity contribution in [3.63, 3.8) is 0 Å². The van der Waals surface area contributed by atoms with Crippen LogP contribution in [0.15, 0.2) is 30.3 Å². The lowest BCUT2D eigenvalue weighted by molar-refractivity contribution is 0.214. The molecule has 2 bridgehead atoms. The molecular formula is C21H34Si. The Morgan fingerprint density at radius 3 is 2.27 bits per heavy atom. The largest absolute Gasteiger partial charge is 0.0806 e. The molecule has 1 aromatic carbocycles. The highest BCUT2D eigenvalue weighted by Crippen LogP contribution is 2.54. The summed E-state index contributed by atoms with van der Waals surface area (Å²) in [7, 11) is -1.20. The first kappa shape index (κ1) is 16.3. The Bertz CT molecular complexity index is 464. The van der Waals surface area contributed by atoms with Crippen LogP contribution < -0.4 is 5.19 Å². The molecule has 0 spiro atoms. The van der Waals surface area contributed by atoms with Crippen LogP contribution in [0, 0.1) is 23.7 Å². The maximum Gasteiger partial charge on any atom is 0.0806 e. The molecule has 1 aromatic rings. The van der Waals surface area contributed by atoms with Gasteiger partial charge in [-0.1, -0.05) is 87.3 Å². The van der Waals surface area contributed by atoms with Crippen LogP contribution >= 0.6 is 0 Å². The average Bonchev–Trinajstić information content (AvgIpc) is 3.08. The molecule has 0 N–H and O–H groups in total. The highest BCUT2D eigenvalue weighted by atomic mass is 28.3. The minimum absolute atomic E-state index is 1.08. The van der Waals surface area contributed by atoms with E-state index in [0.29, 0.717) is 0 Å². The second kappa shape index (κ2) is 6.91. The second-order valence-corrected chi connectivity index (χ2v) is 13.5. The smallest absolute Gasteiger partial charge is 0.0654 e. The molecule has 2 fully saturated rings. The molecule has 0 amide bonds. The summed E-state index contributed by atoms with van der Waals surface area (Å²) in [5, 5.41) is 1.65. The quantitative estimate of drug-likeness (QED) is 0.554. The van der Waals surface area contributed by atoms with E-state index in [1.807, 2.05) is 0 Å². The Balaban J connectivity index is 1.49. The van der Waals surface area contributed by atoms with Crippen molar-refractivity contribution < 1.29 is 0 Å². The maximum atomic E-state index is 2.56. The predicted molar refractivity (Wildman–Crippen MR) is 100 cm³/mol. The molecule has 2 aliphatic rings. The molecule has 0 radical (unpaired) electrons. The van der Waals surface area contributed by atoms with Crippen LogP contribution in [0.1, 0.15) is 51.9 Å². The van der Waals surface area contributed by atoms with Crippen LogP contribution in [0.2, 0.25) is 19.1 Å². The Labute approximate surface area is 138 Å². The lowest BCUT2D eigenvalue weighted by Crippen LogP contribution is -2.41. The van der Waals surface area contributed by atoms with Crippen molar-refractivity contribution in [2.45, 2.75) is 71.0 Å². The summed E-state index contributed by atoms with van der Waals surface area (Å²) in [5.41, 5.74) is 0. The third-order valence-corrected chi connectivity index (χ3v) is 10.2. The molecule has 1 heteroatoms. The molecule has 22 heavy (non-hydrogen) atoms. The van der Waals surface area contributed by atoms with E-state index in [1.54, 1.807) is 24.4 Å². The summed E-state index contributed by atoms with van der Waals surface area (Å²) >= 11 is 0. The lowest BCUT2D eigenvalue weighted by atomic mass is 9.77. The molecule has 0 aromatic heterocycles. The first-order chi connectivity index (χ1) is 10.6. The van der Waals surface area contributed by atoms with Crippen LogP contribution in [0.25, 0.3) is 0 Å². The fourth-order valence-electron chi connectivity index (χ4n) is 5.52. The molecule has 122 valence electrons. The van der Waals surface area contributed by atoms with Gasteiger partial charge in [-0.05, 0) is 42.9 Å². The zero-order chi connectivity index (χ0) is 15.6. The summed E-state index contributed by atoms with van der Waals surface area (Å²) in [4.78, 5) is 0. The third-order valence-electron chi connectivity index (χ3n) is 6.68. The number of benzene rings is 1. The fourth-order valence-corrected chi connectivity index (χ4v) is 8.00. The van der Waals surface area contributed by atoms with Crippen molar-refractivity contribution in [2.75, 3.05) is 0 Å². The fraction of sp³-hybridized carbons (Fsp3) is 0.714. The van der Waals surface area contributed by atoms with Gasteiger partial charge in [0.15, 0.2) is 0 Å². The molecule has 0 saturated heterocycles. The Kier molecular flexibility index (Phi) is 5.12. The number of fused-ring (bicyclic) bond motifs is 2. The van der Waals surface area contributed by atoms with Gasteiger partial charge >= 0.3 is 0 Å². The summed E-state index contributed by atoms with van der Waals surface area (Å²) in [6.45, 7) is 7.49. The van der Waals surface area contributed by atoms with E-state index in [4.69, 9.17) is 0 Å². The molecule has 0 heterocycles. The molecule has 4 atom stereocenters. The lowest BCUT2D eigenvalue weighted by Gasteiger charge is -2.30. The van der Waals surface area contributed by atoms with Crippen molar-refractivity contribution in [3.8, 4) is 0 Å². The van der Waals surface area contributed by atoms with Crippen LogP contribution in [-0.2, 0) is 0 Å². The van der Waals surface area contributed by atoms with Gasteiger partial charge in [0.25, 0.3) is 0 Å². The van der Waals surface area contributed by atoms with E-state index < -0.39 is 8.07 Å². The minimum Gasteiger partial charge on any atom is -0.0654 e. The normalized spacial score (nSPS) is 30.9. The van der Waals surface area contributed by atoms with Crippen LogP contribution in [0.3, 0.4) is 0 Å². The SMILES string of the molecule is CCCC1CC2CC(CCC[Si](C)(C)c3ccccc3)C1C2. The zero-order valence-corrected chi connectivity index (χ0v) is 15.9. The molecule has 2 aliphatic carbocycles. The summed E-state index contributed by atoms with van der Waals surface area (Å²) in [5.74, 6) is 4.38. The van der Waals surface area contributed by atoms with E-state index in [9.17, 15) is 0 Å². The summed E-state index contributed by atoms with van der Waals surface area (Å²) in [6.07, 6.45) is 10.6. The van der Waals surface area contributed by atoms with Crippen LogP contribution in [0.4, 0.5) is 0 Å². The van der Waals surface area contributed by atoms with E-state index in [2.05, 4.69) is 50.3 Å². The van der Waals surface area contributed by atoms with Gasteiger partial charge in [-0.15, -0.1) is 0 Å². The predicted octanol–water partition coefficient (Wildman–Crippen LogP) is 5.84. The van der Waals surface area contributed by atoms with E-state index in [-0.39, 0.29) is 0 Å². The average molecular weight is 315 g/mol. The third kappa shape index (κ3) is 3.50. The highest BCUT2D eigenvalue weighted by molar-refractivity contribution is 6.89. The topological polar surface area (TPSA) is 0 Å². The van der Waals surface area contributed by atoms with Crippen LogP contribution in [-0.4, -0.2) is 8.07 Å². The van der Waals surface area contributed by atoms with Crippen molar-refractivity contribution in [3.05, 3.63) is 30.3 Å². The Hall–Kier alpha value is -0.563. The number of hydrogen-bond acceptors (Lipinski definition) is 0. The molecule has 2 saturated carbocycles. The summed E-state index contributed by atoms with van der Waals surface area (Å²) < 4.78 is 0. The first-order valence-corrected chi connectivity index (χ1v) is 12.9. The van der Waals surface area contributed by atoms with Gasteiger partial charge in [-0.2, -0.15) is 0 Å². The highest BCUT2D eigenvalue weighted by Gasteiger charge is 2.44. The van der Waals surface area contributed by atoms with Gasteiger partial charge in [0, 0.05) is 0 Å². The first-order valence-electron chi connectivity index (χ1n) is 9.65. The molecule has 0 aliphatic heterocycles. The minimum atomic E-state index is -1.20. The van der Waals surface area contributed by atoms with Gasteiger partial charge in [-0.3, -0.25) is 0 Å². The van der Waals surface area contributed by atoms with Crippen molar-refractivity contribution in [2.24, 2.45) is 23.7 Å². The van der Waals surface area contributed by atoms with Gasteiger partial charge in [0.2, 0.25) is 0 Å². The van der Waals surface area contributed by atoms with Gasteiger partial charge < -0.3 is 0 Å². The second-order valence-electron chi connectivity index (χ2n) is 8.69. The molecular weight excluding hydrogens is 280 g/mol. The molecule has 4 unspecified atom stereocenters. The van der Waals surface area contributed by atoms with Gasteiger partial charge in [0.05, 0.1) is 8.07 Å². The van der Waals surface area contributed by atoms with Gasteiger partial charge in [-0.25, -0.2) is 0 Å². The molecule has 3 rings (SSSR count). The van der Waals surface area contributed by atoms with Crippen molar-refractivity contribution in [1.82, 2.24) is 0 Å². The van der Waals surface area contributed by atoms with E-state index in [1.165, 1.54) is 31.7 Å². The van der Waals surface area contributed by atoms with E-state index in [0.717, 1.165) is 23.7 Å². The van der Waals surface area contributed by atoms with Crippen LogP contribution in [0.5, 0.6) is 0 Å². The van der Waals surface area contributed by atoms with E-state index >= 15 is 0 Å². The van der Waals surface area contributed by atoms with Crippen molar-refractivity contribution >= 4 is 13.3 Å². The summed E-state index contributed by atoms with van der Waals surface area (Å²) in [6, 6.07) is 12.8. The maximum absolute atomic E-state index is 2.56. The zero-order valence-electron chi connectivity index (χ0n) is 14.9. The Morgan fingerprint density at radius 1 is 0.955 bits per heavy atom. The number of hydrogen-bond donors (Lipinski definition) is 0. The molecule has 0 nitrogen and oxygen atoms in total. The van der Waals surface area contributed by atoms with Crippen molar-refractivity contribution in [1.29, 1.82) is 0 Å².